The average Bonchev–Trinajstić information content (AvgIpc) is 2.48. The zero-order valence-electron chi connectivity index (χ0n) is 11.3. The van der Waals surface area contributed by atoms with Crippen molar-refractivity contribution in [3.8, 4) is 0 Å². The van der Waals surface area contributed by atoms with Crippen LogP contribution in [0.1, 0.15) is 18.1 Å². The molecule has 1 N–H and O–H groups in total. The second kappa shape index (κ2) is 7.06. The van der Waals surface area contributed by atoms with E-state index >= 15 is 0 Å². The smallest absolute Gasteiger partial charge is 0.248 e. The van der Waals surface area contributed by atoms with Gasteiger partial charge in [0, 0.05) is 16.2 Å². The molecule has 0 saturated heterocycles. The van der Waals surface area contributed by atoms with Crippen LogP contribution < -0.4 is 5.32 Å². The summed E-state index contributed by atoms with van der Waals surface area (Å²) in [5, 5.41) is 2.82. The normalized spacial score (nSPS) is 10.7. The van der Waals surface area contributed by atoms with Crippen LogP contribution >= 0.6 is 15.9 Å². The van der Waals surface area contributed by atoms with Crippen molar-refractivity contribution < 1.29 is 4.79 Å². The molecule has 0 spiro atoms. The molecule has 0 fully saturated rings. The summed E-state index contributed by atoms with van der Waals surface area (Å²) in [6.07, 6.45) is 4.38. The van der Waals surface area contributed by atoms with Gasteiger partial charge in [0.25, 0.3) is 0 Å². The third kappa shape index (κ3) is 4.35. The van der Waals surface area contributed by atoms with Gasteiger partial charge < -0.3 is 5.32 Å². The summed E-state index contributed by atoms with van der Waals surface area (Å²) in [4.78, 5) is 11.8. The van der Waals surface area contributed by atoms with Crippen LogP contribution in [0.2, 0.25) is 0 Å². The Morgan fingerprint density at radius 3 is 2.35 bits per heavy atom. The third-order valence-electron chi connectivity index (χ3n) is 2.93. The number of aryl methyl sites for hydroxylation is 1. The molecule has 0 heterocycles. The van der Waals surface area contributed by atoms with Crippen molar-refractivity contribution in [3.63, 3.8) is 0 Å². The molecule has 1 amide bonds. The minimum atomic E-state index is -0.133. The van der Waals surface area contributed by atoms with Crippen LogP contribution in [-0.4, -0.2) is 5.91 Å². The Balaban J connectivity index is 1.96. The number of hydrogen-bond acceptors (Lipinski definition) is 1. The second-order valence-electron chi connectivity index (χ2n) is 4.42. The van der Waals surface area contributed by atoms with E-state index in [0.29, 0.717) is 0 Å². The second-order valence-corrected chi connectivity index (χ2v) is 5.34. The van der Waals surface area contributed by atoms with Crippen molar-refractivity contribution in [1.82, 2.24) is 0 Å². The van der Waals surface area contributed by atoms with Crippen LogP contribution in [-0.2, 0) is 11.2 Å². The van der Waals surface area contributed by atoms with Crippen molar-refractivity contribution in [2.24, 2.45) is 0 Å². The fourth-order valence-electron chi connectivity index (χ4n) is 1.75. The summed E-state index contributed by atoms with van der Waals surface area (Å²) in [5.41, 5.74) is 3.10. The Bertz CT molecular complexity index is 600. The highest BCUT2D eigenvalue weighted by atomic mass is 79.9. The van der Waals surface area contributed by atoms with Gasteiger partial charge in [0.15, 0.2) is 0 Å². The number of anilines is 1. The van der Waals surface area contributed by atoms with Crippen molar-refractivity contribution in [3.05, 3.63) is 70.2 Å². The Morgan fingerprint density at radius 1 is 1.10 bits per heavy atom. The van der Waals surface area contributed by atoms with Gasteiger partial charge in [0.1, 0.15) is 0 Å². The molecule has 0 unspecified atom stereocenters. The molecule has 20 heavy (non-hydrogen) atoms. The predicted octanol–water partition coefficient (Wildman–Crippen LogP) is 4.66. The topological polar surface area (TPSA) is 29.1 Å². The fraction of sp³-hybridized carbons (Fsp3) is 0.118. The molecule has 2 rings (SSSR count). The lowest BCUT2D eigenvalue weighted by atomic mass is 10.1. The van der Waals surface area contributed by atoms with Gasteiger partial charge in [-0.15, -0.1) is 0 Å². The molecule has 2 nitrogen and oxygen atoms in total. The molecule has 0 radical (unpaired) electrons. The number of carbonyl (C=O) groups is 1. The summed E-state index contributed by atoms with van der Waals surface area (Å²) in [6, 6.07) is 15.7. The molecular formula is C17H16BrNO. The van der Waals surface area contributed by atoms with E-state index in [1.807, 2.05) is 42.5 Å². The number of carbonyl (C=O) groups excluding carboxylic acids is 1. The van der Waals surface area contributed by atoms with Gasteiger partial charge in [0.05, 0.1) is 0 Å². The first-order valence-corrected chi connectivity index (χ1v) is 7.30. The van der Waals surface area contributed by atoms with Crippen LogP contribution in [0.25, 0.3) is 6.08 Å². The molecule has 0 bridgehead atoms. The summed E-state index contributed by atoms with van der Waals surface area (Å²) >= 11 is 3.36. The molecule has 0 atom stereocenters. The van der Waals surface area contributed by atoms with Crippen LogP contribution in [0.4, 0.5) is 5.69 Å². The van der Waals surface area contributed by atoms with Gasteiger partial charge in [-0.3, -0.25) is 4.79 Å². The SMILES string of the molecule is CCc1ccc(/C=C/C(=O)Nc2ccc(Br)cc2)cc1. The van der Waals surface area contributed by atoms with E-state index in [0.717, 1.165) is 22.1 Å². The average molecular weight is 330 g/mol. The Morgan fingerprint density at radius 2 is 1.75 bits per heavy atom. The van der Waals surface area contributed by atoms with E-state index in [1.54, 1.807) is 6.08 Å². The van der Waals surface area contributed by atoms with Gasteiger partial charge in [-0.2, -0.15) is 0 Å². The number of halogens is 1. The zero-order valence-corrected chi connectivity index (χ0v) is 12.9. The number of rotatable bonds is 4. The predicted molar refractivity (Wildman–Crippen MR) is 87.6 cm³/mol. The van der Waals surface area contributed by atoms with Crippen molar-refractivity contribution in [2.45, 2.75) is 13.3 Å². The van der Waals surface area contributed by atoms with Crippen molar-refractivity contribution in [1.29, 1.82) is 0 Å². The van der Waals surface area contributed by atoms with Gasteiger partial charge in [-0.05, 0) is 47.9 Å². The van der Waals surface area contributed by atoms with E-state index in [4.69, 9.17) is 0 Å². The monoisotopic (exact) mass is 329 g/mol. The highest BCUT2D eigenvalue weighted by Crippen LogP contribution is 2.14. The number of hydrogen-bond donors (Lipinski definition) is 1. The molecule has 3 heteroatoms. The molecule has 102 valence electrons. The first kappa shape index (κ1) is 14.5. The lowest BCUT2D eigenvalue weighted by molar-refractivity contribution is -0.111. The molecular weight excluding hydrogens is 314 g/mol. The summed E-state index contributed by atoms with van der Waals surface area (Å²) < 4.78 is 0.988. The highest BCUT2D eigenvalue weighted by Gasteiger charge is 1.97. The van der Waals surface area contributed by atoms with E-state index < -0.39 is 0 Å². The molecule has 0 aliphatic heterocycles. The Labute approximate surface area is 127 Å². The number of nitrogens with one attached hydrogen (secondary N) is 1. The standard InChI is InChI=1S/C17H16BrNO/c1-2-13-3-5-14(6-4-13)7-12-17(20)19-16-10-8-15(18)9-11-16/h3-12H,2H2,1H3,(H,19,20)/b12-7+. The minimum absolute atomic E-state index is 0.133. The van der Waals surface area contributed by atoms with E-state index in [9.17, 15) is 4.79 Å². The maximum Gasteiger partial charge on any atom is 0.248 e. The lowest BCUT2D eigenvalue weighted by Crippen LogP contribution is -2.07. The third-order valence-corrected chi connectivity index (χ3v) is 3.46. The molecule has 2 aromatic carbocycles. The van der Waals surface area contributed by atoms with E-state index in [-0.39, 0.29) is 5.91 Å². The summed E-state index contributed by atoms with van der Waals surface area (Å²) in [6.45, 7) is 2.12. The van der Waals surface area contributed by atoms with Gasteiger partial charge >= 0.3 is 0 Å². The number of benzene rings is 2. The molecule has 0 aliphatic rings. The molecule has 2 aromatic rings. The summed E-state index contributed by atoms with van der Waals surface area (Å²) in [7, 11) is 0. The Hall–Kier alpha value is -1.87. The zero-order chi connectivity index (χ0) is 14.4. The first-order chi connectivity index (χ1) is 9.67. The highest BCUT2D eigenvalue weighted by molar-refractivity contribution is 9.10. The van der Waals surface area contributed by atoms with E-state index in [1.165, 1.54) is 5.56 Å². The van der Waals surface area contributed by atoms with Gasteiger partial charge in [-0.1, -0.05) is 47.1 Å². The molecule has 0 aliphatic carbocycles. The fourth-order valence-corrected chi connectivity index (χ4v) is 2.02. The van der Waals surface area contributed by atoms with Crippen molar-refractivity contribution >= 4 is 33.6 Å². The van der Waals surface area contributed by atoms with Crippen LogP contribution in [0, 0.1) is 0 Å². The maximum atomic E-state index is 11.8. The molecule has 0 aromatic heterocycles. The maximum absolute atomic E-state index is 11.8. The van der Waals surface area contributed by atoms with Crippen LogP contribution in [0.3, 0.4) is 0 Å². The quantitative estimate of drug-likeness (QED) is 0.812. The Kier molecular flexibility index (Phi) is 5.13. The first-order valence-electron chi connectivity index (χ1n) is 6.51. The molecule has 0 saturated carbocycles. The lowest BCUT2D eigenvalue weighted by Gasteiger charge is -2.02. The number of amides is 1. The van der Waals surface area contributed by atoms with Gasteiger partial charge in [-0.25, -0.2) is 0 Å². The van der Waals surface area contributed by atoms with Crippen molar-refractivity contribution in [2.75, 3.05) is 5.32 Å². The van der Waals surface area contributed by atoms with Gasteiger partial charge in [0.2, 0.25) is 5.91 Å². The van der Waals surface area contributed by atoms with Crippen LogP contribution in [0.15, 0.2) is 59.1 Å². The summed E-state index contributed by atoms with van der Waals surface area (Å²) in [5.74, 6) is -0.133. The minimum Gasteiger partial charge on any atom is -0.323 e. The van der Waals surface area contributed by atoms with Crippen LogP contribution in [0.5, 0.6) is 0 Å². The largest absolute Gasteiger partial charge is 0.323 e. The van der Waals surface area contributed by atoms with E-state index in [2.05, 4.69) is 40.3 Å².